The third kappa shape index (κ3) is 5.33. The van der Waals surface area contributed by atoms with Crippen molar-refractivity contribution in [3.63, 3.8) is 0 Å². The number of halogens is 1. The summed E-state index contributed by atoms with van der Waals surface area (Å²) < 4.78 is 1.09. The van der Waals surface area contributed by atoms with E-state index in [0.29, 0.717) is 13.0 Å². The van der Waals surface area contributed by atoms with Gasteiger partial charge in [0.1, 0.15) is 0 Å². The lowest BCUT2D eigenvalue weighted by Crippen LogP contribution is -2.21. The van der Waals surface area contributed by atoms with E-state index in [1.807, 2.05) is 11.4 Å². The van der Waals surface area contributed by atoms with Gasteiger partial charge in [0.25, 0.3) is 0 Å². The molecule has 1 aromatic rings. The minimum Gasteiger partial charge on any atom is -0.351 e. The van der Waals surface area contributed by atoms with Crippen LogP contribution in [0, 0.1) is 0 Å². The van der Waals surface area contributed by atoms with Crippen LogP contribution in [0.1, 0.15) is 37.5 Å². The third-order valence-corrected chi connectivity index (χ3v) is 3.79. The molecule has 84 valence electrons. The van der Waals surface area contributed by atoms with Crippen LogP contribution in [0.4, 0.5) is 0 Å². The van der Waals surface area contributed by atoms with Crippen LogP contribution in [0.3, 0.4) is 0 Å². The van der Waals surface area contributed by atoms with Crippen molar-refractivity contribution in [2.24, 2.45) is 0 Å². The smallest absolute Gasteiger partial charge is 0.220 e. The van der Waals surface area contributed by atoms with Crippen LogP contribution in [0.15, 0.2) is 15.9 Å². The van der Waals surface area contributed by atoms with Crippen LogP contribution in [0.25, 0.3) is 0 Å². The van der Waals surface area contributed by atoms with Gasteiger partial charge < -0.3 is 5.32 Å². The minimum absolute atomic E-state index is 0.160. The van der Waals surface area contributed by atoms with Gasteiger partial charge in [-0.3, -0.25) is 4.79 Å². The van der Waals surface area contributed by atoms with Gasteiger partial charge in [-0.1, -0.05) is 19.8 Å². The number of hydrogen-bond acceptors (Lipinski definition) is 2. The number of hydrogen-bond donors (Lipinski definition) is 1. The van der Waals surface area contributed by atoms with Crippen LogP contribution in [0.5, 0.6) is 0 Å². The van der Waals surface area contributed by atoms with E-state index in [2.05, 4.69) is 28.2 Å². The first-order valence-corrected chi connectivity index (χ1v) is 6.89. The summed E-state index contributed by atoms with van der Waals surface area (Å²) in [5.74, 6) is 0.160. The largest absolute Gasteiger partial charge is 0.351 e. The van der Waals surface area contributed by atoms with Gasteiger partial charge in [0.15, 0.2) is 0 Å². The topological polar surface area (TPSA) is 29.1 Å². The number of carbonyl (C=O) groups excluding carboxylic acids is 1. The van der Waals surface area contributed by atoms with E-state index < -0.39 is 0 Å². The zero-order valence-electron chi connectivity index (χ0n) is 8.88. The highest BCUT2D eigenvalue weighted by Crippen LogP contribution is 2.19. The summed E-state index contributed by atoms with van der Waals surface area (Å²) in [6.07, 6.45) is 3.94. The van der Waals surface area contributed by atoms with E-state index in [4.69, 9.17) is 0 Å². The van der Waals surface area contributed by atoms with Gasteiger partial charge in [-0.05, 0) is 28.4 Å². The summed E-state index contributed by atoms with van der Waals surface area (Å²) in [5, 5.41) is 4.95. The number of amides is 1. The van der Waals surface area contributed by atoms with E-state index >= 15 is 0 Å². The molecule has 1 rings (SSSR count). The third-order valence-electron chi connectivity index (χ3n) is 2.09. The molecule has 0 fully saturated rings. The second-order valence-corrected chi connectivity index (χ2v) is 5.38. The Morgan fingerprint density at radius 1 is 1.53 bits per heavy atom. The fraction of sp³-hybridized carbons (Fsp3) is 0.545. The minimum atomic E-state index is 0.160. The first-order valence-electron chi connectivity index (χ1n) is 5.22. The molecule has 0 aliphatic rings. The Balaban J connectivity index is 2.16. The van der Waals surface area contributed by atoms with Crippen LogP contribution in [-0.4, -0.2) is 5.91 Å². The number of thiophene rings is 1. The van der Waals surface area contributed by atoms with Crippen molar-refractivity contribution in [1.29, 1.82) is 0 Å². The molecule has 0 saturated carbocycles. The van der Waals surface area contributed by atoms with E-state index in [1.165, 1.54) is 4.88 Å². The lowest BCUT2D eigenvalue weighted by molar-refractivity contribution is -0.121. The number of unbranched alkanes of at least 4 members (excludes halogenated alkanes) is 2. The van der Waals surface area contributed by atoms with Gasteiger partial charge in [0.05, 0.1) is 6.54 Å². The molecule has 0 aromatic carbocycles. The number of nitrogens with one attached hydrogen (secondary N) is 1. The Kier molecular flexibility index (Phi) is 5.95. The Morgan fingerprint density at radius 3 is 2.93 bits per heavy atom. The Morgan fingerprint density at radius 2 is 2.33 bits per heavy atom. The molecule has 0 saturated heterocycles. The van der Waals surface area contributed by atoms with Crippen molar-refractivity contribution in [3.05, 3.63) is 20.8 Å². The molecule has 1 heterocycles. The Hall–Kier alpha value is -0.350. The standard InChI is InChI=1S/C11H16BrNOS/c1-2-3-4-5-11(14)13-7-10-6-9(12)8-15-10/h6,8H,2-5,7H2,1H3,(H,13,14). The maximum Gasteiger partial charge on any atom is 0.220 e. The number of rotatable bonds is 6. The lowest BCUT2D eigenvalue weighted by atomic mass is 10.2. The molecule has 0 aliphatic heterocycles. The van der Waals surface area contributed by atoms with E-state index in [1.54, 1.807) is 11.3 Å². The molecule has 15 heavy (non-hydrogen) atoms. The highest BCUT2D eigenvalue weighted by atomic mass is 79.9. The van der Waals surface area contributed by atoms with Crippen LogP contribution in [0.2, 0.25) is 0 Å². The monoisotopic (exact) mass is 289 g/mol. The molecule has 0 atom stereocenters. The molecule has 0 unspecified atom stereocenters. The maximum absolute atomic E-state index is 11.4. The molecule has 0 radical (unpaired) electrons. The molecule has 0 aliphatic carbocycles. The van der Waals surface area contributed by atoms with Crippen molar-refractivity contribution in [2.45, 2.75) is 39.2 Å². The van der Waals surface area contributed by atoms with E-state index in [0.717, 1.165) is 23.7 Å². The normalized spacial score (nSPS) is 10.3. The zero-order chi connectivity index (χ0) is 11.1. The van der Waals surface area contributed by atoms with E-state index in [-0.39, 0.29) is 5.91 Å². The fourth-order valence-corrected chi connectivity index (χ4v) is 2.65. The molecule has 4 heteroatoms. The number of carbonyl (C=O) groups is 1. The van der Waals surface area contributed by atoms with E-state index in [9.17, 15) is 4.79 Å². The molecule has 1 amide bonds. The van der Waals surface area contributed by atoms with Crippen molar-refractivity contribution in [1.82, 2.24) is 5.32 Å². The highest BCUT2D eigenvalue weighted by Gasteiger charge is 2.02. The molecular weight excluding hydrogens is 274 g/mol. The molecular formula is C11H16BrNOS. The highest BCUT2D eigenvalue weighted by molar-refractivity contribution is 9.10. The summed E-state index contributed by atoms with van der Waals surface area (Å²) in [6, 6.07) is 2.04. The predicted octanol–water partition coefficient (Wildman–Crippen LogP) is 3.71. The molecule has 0 bridgehead atoms. The second kappa shape index (κ2) is 7.01. The van der Waals surface area contributed by atoms with Crippen LogP contribution >= 0.6 is 27.3 Å². The summed E-state index contributed by atoms with van der Waals surface area (Å²) in [7, 11) is 0. The second-order valence-electron chi connectivity index (χ2n) is 3.47. The van der Waals surface area contributed by atoms with Crippen LogP contribution < -0.4 is 5.32 Å². The molecule has 1 N–H and O–H groups in total. The fourth-order valence-electron chi connectivity index (χ4n) is 1.26. The van der Waals surface area contributed by atoms with Gasteiger partial charge in [0.2, 0.25) is 5.91 Å². The first kappa shape index (κ1) is 12.7. The van der Waals surface area contributed by atoms with Crippen molar-refractivity contribution >= 4 is 33.2 Å². The summed E-state index contributed by atoms with van der Waals surface area (Å²) >= 11 is 5.05. The lowest BCUT2D eigenvalue weighted by Gasteiger charge is -2.02. The molecule has 1 aromatic heterocycles. The Labute approximate surface area is 103 Å². The van der Waals surface area contributed by atoms with Crippen molar-refractivity contribution in [2.75, 3.05) is 0 Å². The quantitative estimate of drug-likeness (QED) is 0.795. The summed E-state index contributed by atoms with van der Waals surface area (Å²) in [6.45, 7) is 2.79. The van der Waals surface area contributed by atoms with Gasteiger partial charge in [-0.25, -0.2) is 0 Å². The molecule has 0 spiro atoms. The van der Waals surface area contributed by atoms with Gasteiger partial charge in [0, 0.05) is 21.2 Å². The summed E-state index contributed by atoms with van der Waals surface area (Å²) in [5.41, 5.74) is 0. The summed E-state index contributed by atoms with van der Waals surface area (Å²) in [4.78, 5) is 12.6. The average molecular weight is 290 g/mol. The maximum atomic E-state index is 11.4. The van der Waals surface area contributed by atoms with Crippen molar-refractivity contribution < 1.29 is 4.79 Å². The van der Waals surface area contributed by atoms with Crippen LogP contribution in [-0.2, 0) is 11.3 Å². The van der Waals surface area contributed by atoms with Crippen molar-refractivity contribution in [3.8, 4) is 0 Å². The van der Waals surface area contributed by atoms with Gasteiger partial charge in [-0.2, -0.15) is 0 Å². The van der Waals surface area contributed by atoms with Gasteiger partial charge in [-0.15, -0.1) is 11.3 Å². The zero-order valence-corrected chi connectivity index (χ0v) is 11.3. The van der Waals surface area contributed by atoms with Gasteiger partial charge >= 0.3 is 0 Å². The Bertz CT molecular complexity index is 311. The molecule has 2 nitrogen and oxygen atoms in total. The predicted molar refractivity (Wildman–Crippen MR) is 68.0 cm³/mol. The first-order chi connectivity index (χ1) is 7.22. The average Bonchev–Trinajstić information content (AvgIpc) is 2.62. The SMILES string of the molecule is CCCCCC(=O)NCc1cc(Br)cs1.